The number of amides is 1. The number of sulfonamides is 1. The molecule has 1 heterocycles. The minimum atomic E-state index is -3.70. The van der Waals surface area contributed by atoms with E-state index in [9.17, 15) is 13.2 Å². The molecule has 0 unspecified atom stereocenters. The molecule has 3 aromatic rings. The van der Waals surface area contributed by atoms with Crippen LogP contribution >= 0.6 is 0 Å². The molecule has 9 heteroatoms. The summed E-state index contributed by atoms with van der Waals surface area (Å²) in [7, 11) is -2.19. The van der Waals surface area contributed by atoms with Gasteiger partial charge in [-0.05, 0) is 55.0 Å². The lowest BCUT2D eigenvalue weighted by Gasteiger charge is -2.20. The number of fused-ring (bicyclic) bond motifs is 1. The van der Waals surface area contributed by atoms with Crippen LogP contribution in [0, 0.1) is 0 Å². The zero-order chi connectivity index (χ0) is 24.1. The number of benzene rings is 3. The fourth-order valence-corrected chi connectivity index (χ4v) is 4.74. The predicted octanol–water partition coefficient (Wildman–Crippen LogP) is 3.56. The van der Waals surface area contributed by atoms with Gasteiger partial charge in [0, 0.05) is 31.3 Å². The van der Waals surface area contributed by atoms with Gasteiger partial charge in [0.25, 0.3) is 5.91 Å². The molecule has 8 nitrogen and oxygen atoms in total. The standard InChI is InChI=1S/C25H26N2O6S/c1-3-31-22-12-10-19(25(28)26-15-18-9-11-23-24(13-18)33-17-32-23)14-20(22)16-27(2)34(29,30)21-7-5-4-6-8-21/h4-14H,3,15-17H2,1-2H3,(H,26,28). The first-order valence-corrected chi connectivity index (χ1v) is 12.3. The highest BCUT2D eigenvalue weighted by atomic mass is 32.2. The number of nitrogens with one attached hydrogen (secondary N) is 1. The highest BCUT2D eigenvalue weighted by Gasteiger charge is 2.22. The van der Waals surface area contributed by atoms with Gasteiger partial charge in [-0.15, -0.1) is 0 Å². The predicted molar refractivity (Wildman–Crippen MR) is 126 cm³/mol. The largest absolute Gasteiger partial charge is 0.494 e. The molecule has 1 amide bonds. The molecule has 0 fully saturated rings. The smallest absolute Gasteiger partial charge is 0.251 e. The van der Waals surface area contributed by atoms with Crippen molar-refractivity contribution in [3.05, 3.63) is 83.4 Å². The second kappa shape index (κ2) is 10.1. The van der Waals surface area contributed by atoms with Crippen LogP contribution in [0.15, 0.2) is 71.6 Å². The van der Waals surface area contributed by atoms with Crippen molar-refractivity contribution in [2.45, 2.75) is 24.9 Å². The maximum Gasteiger partial charge on any atom is 0.251 e. The fraction of sp³-hybridized carbons (Fsp3) is 0.240. The SMILES string of the molecule is CCOc1ccc(C(=O)NCc2ccc3c(c2)OCO3)cc1CN(C)S(=O)(=O)c1ccccc1. The van der Waals surface area contributed by atoms with E-state index in [1.54, 1.807) is 48.5 Å². The lowest BCUT2D eigenvalue weighted by atomic mass is 10.1. The molecule has 0 spiro atoms. The van der Waals surface area contributed by atoms with Crippen LogP contribution in [0.5, 0.6) is 17.2 Å². The van der Waals surface area contributed by atoms with E-state index in [0.29, 0.717) is 41.5 Å². The normalized spacial score (nSPS) is 12.6. The Kier molecular flexibility index (Phi) is 7.04. The van der Waals surface area contributed by atoms with E-state index in [-0.39, 0.29) is 24.1 Å². The monoisotopic (exact) mass is 482 g/mol. The van der Waals surface area contributed by atoms with Gasteiger partial charge in [-0.1, -0.05) is 24.3 Å². The Labute approximate surface area is 199 Å². The zero-order valence-electron chi connectivity index (χ0n) is 19.0. The van der Waals surface area contributed by atoms with Gasteiger partial charge in [0.05, 0.1) is 11.5 Å². The Balaban J connectivity index is 1.50. The molecule has 0 aliphatic carbocycles. The maximum atomic E-state index is 13.0. The van der Waals surface area contributed by atoms with Crippen molar-refractivity contribution < 1.29 is 27.4 Å². The van der Waals surface area contributed by atoms with Crippen molar-refractivity contribution in [3.8, 4) is 17.2 Å². The number of carbonyl (C=O) groups is 1. The number of hydrogen-bond donors (Lipinski definition) is 1. The molecule has 1 N–H and O–H groups in total. The Bertz CT molecular complexity index is 1280. The van der Waals surface area contributed by atoms with Crippen LogP contribution in [-0.4, -0.2) is 39.1 Å². The fourth-order valence-electron chi connectivity index (χ4n) is 3.57. The van der Waals surface area contributed by atoms with Gasteiger partial charge in [-0.2, -0.15) is 4.31 Å². The van der Waals surface area contributed by atoms with Crippen LogP contribution in [0.1, 0.15) is 28.4 Å². The summed E-state index contributed by atoms with van der Waals surface area (Å²) >= 11 is 0. The van der Waals surface area contributed by atoms with Gasteiger partial charge >= 0.3 is 0 Å². The van der Waals surface area contributed by atoms with E-state index in [4.69, 9.17) is 14.2 Å². The molecular formula is C25H26N2O6S. The first-order valence-electron chi connectivity index (χ1n) is 10.8. The van der Waals surface area contributed by atoms with Crippen molar-refractivity contribution in [3.63, 3.8) is 0 Å². The molecule has 0 bridgehead atoms. The number of carbonyl (C=O) groups excluding carboxylic acids is 1. The van der Waals surface area contributed by atoms with Crippen molar-refractivity contribution in [1.82, 2.24) is 9.62 Å². The summed E-state index contributed by atoms with van der Waals surface area (Å²) in [6.45, 7) is 2.81. The summed E-state index contributed by atoms with van der Waals surface area (Å²) in [5.41, 5.74) is 1.88. The number of hydrogen-bond acceptors (Lipinski definition) is 6. The Hall–Kier alpha value is -3.56. The lowest BCUT2D eigenvalue weighted by Crippen LogP contribution is -2.27. The van der Waals surface area contributed by atoms with E-state index < -0.39 is 10.0 Å². The molecule has 0 saturated carbocycles. The zero-order valence-corrected chi connectivity index (χ0v) is 19.8. The number of nitrogens with zero attached hydrogens (tertiary/aromatic N) is 1. The summed E-state index contributed by atoms with van der Waals surface area (Å²) in [4.78, 5) is 13.0. The second-order valence-electron chi connectivity index (χ2n) is 7.70. The van der Waals surface area contributed by atoms with Gasteiger partial charge in [0.2, 0.25) is 16.8 Å². The molecule has 0 saturated heterocycles. The molecule has 1 aliphatic heterocycles. The van der Waals surface area contributed by atoms with Gasteiger partial charge in [-0.3, -0.25) is 4.79 Å². The summed E-state index contributed by atoms with van der Waals surface area (Å²) < 4.78 is 43.5. The molecule has 178 valence electrons. The third kappa shape index (κ3) is 5.16. The van der Waals surface area contributed by atoms with Crippen LogP contribution < -0.4 is 19.5 Å². The maximum absolute atomic E-state index is 13.0. The molecule has 1 aliphatic rings. The third-order valence-corrected chi connectivity index (χ3v) is 7.17. The highest BCUT2D eigenvalue weighted by molar-refractivity contribution is 7.89. The first kappa shape index (κ1) is 23.6. The molecular weight excluding hydrogens is 456 g/mol. The molecule has 0 atom stereocenters. The van der Waals surface area contributed by atoms with Gasteiger partial charge in [0.15, 0.2) is 11.5 Å². The van der Waals surface area contributed by atoms with Crippen LogP contribution in [0.2, 0.25) is 0 Å². The quantitative estimate of drug-likeness (QED) is 0.501. The summed E-state index contributed by atoms with van der Waals surface area (Å²) in [5, 5.41) is 2.89. The first-order chi connectivity index (χ1) is 16.4. The summed E-state index contributed by atoms with van der Waals surface area (Å²) in [6.07, 6.45) is 0. The Morgan fingerprint density at radius 1 is 1.03 bits per heavy atom. The molecule has 0 aromatic heterocycles. The van der Waals surface area contributed by atoms with Crippen molar-refractivity contribution in [2.24, 2.45) is 0 Å². The topological polar surface area (TPSA) is 94.2 Å². The van der Waals surface area contributed by atoms with E-state index in [0.717, 1.165) is 5.56 Å². The van der Waals surface area contributed by atoms with Crippen molar-refractivity contribution in [1.29, 1.82) is 0 Å². The number of ether oxygens (including phenoxy) is 3. The van der Waals surface area contributed by atoms with Crippen LogP contribution in [0.3, 0.4) is 0 Å². The van der Waals surface area contributed by atoms with Crippen LogP contribution in [0.4, 0.5) is 0 Å². The number of rotatable bonds is 9. The minimum absolute atomic E-state index is 0.0514. The average Bonchev–Trinajstić information content (AvgIpc) is 3.32. The van der Waals surface area contributed by atoms with Crippen molar-refractivity contribution >= 4 is 15.9 Å². The van der Waals surface area contributed by atoms with E-state index in [1.165, 1.54) is 11.4 Å². The van der Waals surface area contributed by atoms with Gasteiger partial charge in [-0.25, -0.2) is 8.42 Å². The average molecular weight is 483 g/mol. The Morgan fingerprint density at radius 3 is 2.56 bits per heavy atom. The Morgan fingerprint density at radius 2 is 1.79 bits per heavy atom. The summed E-state index contributed by atoms with van der Waals surface area (Å²) in [6, 6.07) is 18.7. The second-order valence-corrected chi connectivity index (χ2v) is 9.74. The summed E-state index contributed by atoms with van der Waals surface area (Å²) in [5.74, 6) is 1.58. The molecule has 3 aromatic carbocycles. The third-order valence-electron chi connectivity index (χ3n) is 5.36. The molecule has 34 heavy (non-hydrogen) atoms. The van der Waals surface area contributed by atoms with E-state index in [1.807, 2.05) is 25.1 Å². The lowest BCUT2D eigenvalue weighted by molar-refractivity contribution is 0.0950. The highest BCUT2D eigenvalue weighted by Crippen LogP contribution is 2.32. The van der Waals surface area contributed by atoms with Crippen LogP contribution in [-0.2, 0) is 23.1 Å². The van der Waals surface area contributed by atoms with E-state index in [2.05, 4.69) is 5.32 Å². The van der Waals surface area contributed by atoms with Gasteiger partial charge in [0.1, 0.15) is 5.75 Å². The molecule has 4 rings (SSSR count). The van der Waals surface area contributed by atoms with Crippen LogP contribution in [0.25, 0.3) is 0 Å². The molecule has 0 radical (unpaired) electrons. The van der Waals surface area contributed by atoms with Gasteiger partial charge < -0.3 is 19.5 Å². The van der Waals surface area contributed by atoms with E-state index >= 15 is 0 Å². The van der Waals surface area contributed by atoms with Crippen molar-refractivity contribution in [2.75, 3.05) is 20.4 Å². The minimum Gasteiger partial charge on any atom is -0.494 e.